The van der Waals surface area contributed by atoms with Crippen LogP contribution in [0, 0.1) is 0 Å². The number of anilines is 1. The van der Waals surface area contributed by atoms with Gasteiger partial charge in [-0.25, -0.2) is 0 Å². The Kier molecular flexibility index (Phi) is 4.19. The molecule has 29 heavy (non-hydrogen) atoms. The number of fused-ring (bicyclic) bond motifs is 1. The van der Waals surface area contributed by atoms with Crippen LogP contribution in [0.25, 0.3) is 10.9 Å². The van der Waals surface area contributed by atoms with Crippen LogP contribution in [0.4, 0.5) is 5.69 Å². The molecule has 0 radical (unpaired) electrons. The highest BCUT2D eigenvalue weighted by molar-refractivity contribution is 6.02. The molecule has 1 aliphatic rings. The van der Waals surface area contributed by atoms with Crippen LogP contribution in [0.5, 0.6) is 11.5 Å². The summed E-state index contributed by atoms with van der Waals surface area (Å²) in [5, 5.41) is 23.2. The van der Waals surface area contributed by atoms with E-state index >= 15 is 0 Å². The van der Waals surface area contributed by atoms with Crippen molar-refractivity contribution in [2.45, 2.75) is 44.4 Å². The smallest absolute Gasteiger partial charge is 0.235 e. The summed E-state index contributed by atoms with van der Waals surface area (Å²) in [7, 11) is 0. The molecule has 1 fully saturated rings. The molecule has 4 rings (SSSR count). The van der Waals surface area contributed by atoms with Crippen LogP contribution in [0.1, 0.15) is 44.9 Å². The van der Waals surface area contributed by atoms with Gasteiger partial charge in [-0.05, 0) is 75.6 Å². The zero-order chi connectivity index (χ0) is 21.0. The third kappa shape index (κ3) is 3.14. The van der Waals surface area contributed by atoms with Crippen molar-refractivity contribution in [1.29, 1.82) is 0 Å². The first-order valence-electron chi connectivity index (χ1n) is 9.62. The molecule has 0 spiro atoms. The summed E-state index contributed by atoms with van der Waals surface area (Å²) in [6, 6.07) is 12.1. The van der Waals surface area contributed by atoms with Gasteiger partial charge in [0.25, 0.3) is 0 Å². The normalized spacial score (nSPS) is 15.3. The number of phenolic OH excluding ortho intramolecular Hbond substituents is 2. The topological polar surface area (TPSA) is 102 Å². The summed E-state index contributed by atoms with van der Waals surface area (Å²) in [6.07, 6.45) is 1.37. The van der Waals surface area contributed by atoms with E-state index in [9.17, 15) is 19.8 Å². The molecule has 1 amide bonds. The van der Waals surface area contributed by atoms with Gasteiger partial charge in [0, 0.05) is 22.3 Å². The molecule has 6 heteroatoms. The number of ketones is 1. The Morgan fingerprint density at radius 3 is 2.38 bits per heavy atom. The van der Waals surface area contributed by atoms with E-state index < -0.39 is 10.8 Å². The van der Waals surface area contributed by atoms with E-state index in [0.29, 0.717) is 24.1 Å². The van der Waals surface area contributed by atoms with Gasteiger partial charge in [-0.2, -0.15) is 0 Å². The van der Waals surface area contributed by atoms with Crippen LogP contribution < -0.4 is 5.32 Å². The number of benzene rings is 2. The van der Waals surface area contributed by atoms with Crippen LogP contribution in [0.2, 0.25) is 0 Å². The highest BCUT2D eigenvalue weighted by Gasteiger charge is 2.51. The third-order valence-corrected chi connectivity index (χ3v) is 6.14. The summed E-state index contributed by atoms with van der Waals surface area (Å²) in [4.78, 5) is 28.2. The molecule has 1 aliphatic carbocycles. The van der Waals surface area contributed by atoms with Crippen molar-refractivity contribution < 1.29 is 19.8 Å². The summed E-state index contributed by atoms with van der Waals surface area (Å²) in [5.74, 6) is -0.490. The lowest BCUT2D eigenvalue weighted by Crippen LogP contribution is -2.27. The minimum absolute atomic E-state index is 0.0745. The van der Waals surface area contributed by atoms with E-state index in [1.54, 1.807) is 13.0 Å². The van der Waals surface area contributed by atoms with Crippen LogP contribution in [-0.4, -0.2) is 26.9 Å². The fourth-order valence-corrected chi connectivity index (χ4v) is 3.58. The van der Waals surface area contributed by atoms with Crippen LogP contribution >= 0.6 is 0 Å². The maximum absolute atomic E-state index is 13.0. The molecule has 0 saturated heterocycles. The minimum atomic E-state index is -0.680. The maximum Gasteiger partial charge on any atom is 0.235 e. The molecule has 2 aromatic carbocycles. The predicted molar refractivity (Wildman–Crippen MR) is 111 cm³/mol. The molecule has 1 saturated carbocycles. The number of hydrogen-bond donors (Lipinski definition) is 4. The van der Waals surface area contributed by atoms with Gasteiger partial charge in [-0.1, -0.05) is 6.07 Å². The lowest BCUT2D eigenvalue weighted by Gasteiger charge is -2.19. The average molecular weight is 392 g/mol. The fourth-order valence-electron chi connectivity index (χ4n) is 3.58. The van der Waals surface area contributed by atoms with Crippen molar-refractivity contribution in [3.05, 3.63) is 53.7 Å². The number of H-pyrrole nitrogens is 1. The Morgan fingerprint density at radius 1 is 1.03 bits per heavy atom. The first-order chi connectivity index (χ1) is 13.6. The Morgan fingerprint density at radius 2 is 1.76 bits per heavy atom. The number of aromatic hydroxyl groups is 2. The minimum Gasteiger partial charge on any atom is -0.504 e. The molecule has 6 nitrogen and oxygen atoms in total. The molecule has 0 aliphatic heterocycles. The first kappa shape index (κ1) is 19.1. The van der Waals surface area contributed by atoms with Gasteiger partial charge in [0.1, 0.15) is 5.78 Å². The summed E-state index contributed by atoms with van der Waals surface area (Å²) in [6.45, 7) is 5.34. The van der Waals surface area contributed by atoms with E-state index in [2.05, 4.69) is 10.3 Å². The zero-order valence-corrected chi connectivity index (χ0v) is 16.7. The number of carbonyl (C=O) groups is 2. The Hall–Kier alpha value is -3.28. The second-order valence-electron chi connectivity index (χ2n) is 8.41. The van der Waals surface area contributed by atoms with Gasteiger partial charge >= 0.3 is 0 Å². The molecule has 0 bridgehead atoms. The van der Waals surface area contributed by atoms with Gasteiger partial charge in [-0.3, -0.25) is 9.59 Å². The van der Waals surface area contributed by atoms with E-state index in [4.69, 9.17) is 0 Å². The molecule has 1 aromatic heterocycles. The summed E-state index contributed by atoms with van der Waals surface area (Å²) in [5.41, 5.74) is 1.81. The second kappa shape index (κ2) is 6.37. The van der Waals surface area contributed by atoms with Gasteiger partial charge in [-0.15, -0.1) is 0 Å². The monoisotopic (exact) mass is 392 g/mol. The molecule has 4 N–H and O–H groups in total. The number of aromatic nitrogens is 1. The Labute approximate surface area is 168 Å². The third-order valence-electron chi connectivity index (χ3n) is 6.14. The molecule has 3 aromatic rings. The lowest BCUT2D eigenvalue weighted by atomic mass is 9.85. The van der Waals surface area contributed by atoms with Crippen LogP contribution in [0.3, 0.4) is 0 Å². The zero-order valence-electron chi connectivity index (χ0n) is 16.7. The van der Waals surface area contributed by atoms with E-state index in [0.717, 1.165) is 16.6 Å². The predicted octanol–water partition coefficient (Wildman–Crippen LogP) is 4.12. The van der Waals surface area contributed by atoms with Crippen molar-refractivity contribution >= 4 is 28.3 Å². The maximum atomic E-state index is 13.0. The molecule has 150 valence electrons. The number of Topliss-reactive ketones (excluding diaryl/α,β-unsaturated/α-hetero) is 1. The first-order valence-corrected chi connectivity index (χ1v) is 9.62. The highest BCUT2D eigenvalue weighted by atomic mass is 16.3. The van der Waals surface area contributed by atoms with Gasteiger partial charge < -0.3 is 20.5 Å². The molecule has 0 atom stereocenters. The molecule has 0 unspecified atom stereocenters. The lowest BCUT2D eigenvalue weighted by molar-refractivity contribution is -0.121. The molecular formula is C23H24N2O4. The van der Waals surface area contributed by atoms with E-state index in [1.165, 1.54) is 12.1 Å². The number of amides is 1. The summed E-state index contributed by atoms with van der Waals surface area (Å²) < 4.78 is 0. The molecular weight excluding hydrogens is 368 g/mol. The average Bonchev–Trinajstić information content (AvgIpc) is 3.37. The van der Waals surface area contributed by atoms with Crippen LogP contribution in [-0.2, 0) is 20.4 Å². The number of hydrogen-bond acceptors (Lipinski definition) is 4. The second-order valence-corrected chi connectivity index (χ2v) is 8.41. The number of nitrogens with one attached hydrogen (secondary N) is 2. The SMILES string of the molecule is CC(=O)C(C)(C)c1cc2cc(NC(=O)C3(c4ccc(O)c(O)c4)CC3)ccc2[nH]1. The van der Waals surface area contributed by atoms with Crippen molar-refractivity contribution in [1.82, 2.24) is 4.98 Å². The Balaban J connectivity index is 1.60. The Bertz CT molecular complexity index is 1140. The largest absolute Gasteiger partial charge is 0.504 e. The van der Waals surface area contributed by atoms with Crippen molar-refractivity contribution in [2.75, 3.05) is 5.32 Å². The van der Waals surface area contributed by atoms with Crippen molar-refractivity contribution in [2.24, 2.45) is 0 Å². The highest BCUT2D eigenvalue weighted by Crippen LogP contribution is 2.50. The summed E-state index contributed by atoms with van der Waals surface area (Å²) >= 11 is 0. The van der Waals surface area contributed by atoms with Crippen molar-refractivity contribution in [3.8, 4) is 11.5 Å². The van der Waals surface area contributed by atoms with Gasteiger partial charge in [0.2, 0.25) is 5.91 Å². The van der Waals surface area contributed by atoms with E-state index in [1.807, 2.05) is 38.1 Å². The number of phenols is 2. The molecule has 1 heterocycles. The number of rotatable bonds is 5. The van der Waals surface area contributed by atoms with Crippen LogP contribution in [0.15, 0.2) is 42.5 Å². The quantitative estimate of drug-likeness (QED) is 0.491. The number of aromatic amines is 1. The van der Waals surface area contributed by atoms with Gasteiger partial charge in [0.05, 0.1) is 10.8 Å². The number of carbonyl (C=O) groups excluding carboxylic acids is 2. The van der Waals surface area contributed by atoms with Crippen molar-refractivity contribution in [3.63, 3.8) is 0 Å². The standard InChI is InChI=1S/C23H24N2O4/c1-13(26)22(2,3)20-11-14-10-16(5-6-17(14)25-20)24-21(29)23(8-9-23)15-4-7-18(27)19(28)12-15/h4-7,10-12,25,27-28H,8-9H2,1-3H3,(H,24,29). The van der Waals surface area contributed by atoms with Gasteiger partial charge in [0.15, 0.2) is 11.5 Å². The fraction of sp³-hybridized carbons (Fsp3) is 0.304. The van der Waals surface area contributed by atoms with E-state index in [-0.39, 0.29) is 23.2 Å².